The minimum atomic E-state index is -0.876. The Labute approximate surface area is 370 Å². The van der Waals surface area contributed by atoms with Gasteiger partial charge in [-0.3, -0.25) is 14.4 Å². The molecular weight excluding hydrogens is 757 g/mol. The first-order valence-corrected chi connectivity index (χ1v) is 22.4. The molecule has 0 radical (unpaired) electrons. The fourth-order valence-electron chi connectivity index (χ4n) is 4.89. The van der Waals surface area contributed by atoms with Crippen molar-refractivity contribution in [3.05, 3.63) is 182 Å². The molecule has 332 valence electrons. The summed E-state index contributed by atoms with van der Waals surface area (Å²) in [7, 11) is 0. The maximum absolute atomic E-state index is 12.7. The highest BCUT2D eigenvalue weighted by Crippen LogP contribution is 2.08. The molecule has 0 bridgehead atoms. The van der Waals surface area contributed by atoms with Gasteiger partial charge in [-0.15, -0.1) is 0 Å². The molecule has 0 rings (SSSR count). The van der Waals surface area contributed by atoms with Gasteiger partial charge in [0.05, 0.1) is 0 Å². The Morgan fingerprint density at radius 3 is 1.02 bits per heavy atom. The van der Waals surface area contributed by atoms with Crippen molar-refractivity contribution >= 4 is 17.9 Å². The van der Waals surface area contributed by atoms with Crippen LogP contribution in [0.2, 0.25) is 0 Å². The zero-order chi connectivity index (χ0) is 44.4. The molecule has 0 aliphatic heterocycles. The van der Waals surface area contributed by atoms with E-state index in [0.29, 0.717) is 25.7 Å². The molecule has 0 saturated heterocycles. The maximum atomic E-state index is 12.7. The summed E-state index contributed by atoms with van der Waals surface area (Å²) >= 11 is 0. The topological polar surface area (TPSA) is 78.9 Å². The van der Waals surface area contributed by atoms with Crippen LogP contribution in [-0.4, -0.2) is 37.2 Å². The van der Waals surface area contributed by atoms with Gasteiger partial charge in [0.15, 0.2) is 6.10 Å². The second-order valence-corrected chi connectivity index (χ2v) is 13.7. The zero-order valence-electron chi connectivity index (χ0n) is 37.6. The van der Waals surface area contributed by atoms with Crippen LogP contribution in [0.3, 0.4) is 0 Å². The molecule has 0 N–H and O–H groups in total. The monoisotopic (exact) mass is 833 g/mol. The van der Waals surface area contributed by atoms with Gasteiger partial charge in [-0.1, -0.05) is 203 Å². The third-order valence-electron chi connectivity index (χ3n) is 8.14. The Kier molecular flexibility index (Phi) is 42.9. The van der Waals surface area contributed by atoms with Crippen LogP contribution < -0.4 is 0 Å². The summed E-state index contributed by atoms with van der Waals surface area (Å²) in [5.41, 5.74) is 0. The summed E-state index contributed by atoms with van der Waals surface area (Å²) in [6, 6.07) is 0. The Bertz CT molecular complexity index is 1560. The largest absolute Gasteiger partial charge is 0.462 e. The molecule has 6 nitrogen and oxygen atoms in total. The number of allylic oxidation sites excluding steroid dienone is 30. The molecule has 0 aromatic carbocycles. The van der Waals surface area contributed by atoms with E-state index in [1.165, 1.54) is 0 Å². The first-order chi connectivity index (χ1) is 30.0. The van der Waals surface area contributed by atoms with E-state index in [9.17, 15) is 14.4 Å². The predicted molar refractivity (Wildman–Crippen MR) is 260 cm³/mol. The Hall–Kier alpha value is -5.49. The molecule has 1 unspecified atom stereocenters. The van der Waals surface area contributed by atoms with Gasteiger partial charge in [0, 0.05) is 19.3 Å². The van der Waals surface area contributed by atoms with Gasteiger partial charge < -0.3 is 14.2 Å². The zero-order valence-corrected chi connectivity index (χ0v) is 37.6. The van der Waals surface area contributed by atoms with Crippen molar-refractivity contribution in [2.24, 2.45) is 0 Å². The lowest BCUT2D eigenvalue weighted by Crippen LogP contribution is -2.30. The summed E-state index contributed by atoms with van der Waals surface area (Å²) in [6.45, 7) is 5.99. The number of ether oxygens (including phenoxy) is 3. The van der Waals surface area contributed by atoms with E-state index >= 15 is 0 Å². The van der Waals surface area contributed by atoms with Crippen LogP contribution >= 0.6 is 0 Å². The summed E-state index contributed by atoms with van der Waals surface area (Å²) in [5.74, 6) is -1.20. The Morgan fingerprint density at radius 2 is 0.639 bits per heavy atom. The fraction of sp³-hybridized carbons (Fsp3) is 0.400. The highest BCUT2D eigenvalue weighted by molar-refractivity contribution is 5.71. The summed E-state index contributed by atoms with van der Waals surface area (Å²) in [5, 5.41) is 0. The number of carbonyl (C=O) groups is 3. The minimum Gasteiger partial charge on any atom is -0.462 e. The van der Waals surface area contributed by atoms with Gasteiger partial charge >= 0.3 is 17.9 Å². The lowest BCUT2D eigenvalue weighted by molar-refractivity contribution is -0.166. The van der Waals surface area contributed by atoms with Crippen molar-refractivity contribution in [3.63, 3.8) is 0 Å². The SMILES string of the molecule is CC/C=C/C=C/C=C/C=C/C=C/CCCC(=O)OCC(COC(=O)CCC/C=C/C/C=C/C/C=C/C/C=C/C/C=C/CC)OC(=O)CCC/C=C/C=C/C=C/C=C/C=C/CC. The fourth-order valence-corrected chi connectivity index (χ4v) is 4.89. The van der Waals surface area contributed by atoms with Gasteiger partial charge in [0.2, 0.25) is 0 Å². The van der Waals surface area contributed by atoms with Crippen molar-refractivity contribution in [1.82, 2.24) is 0 Å². The van der Waals surface area contributed by atoms with E-state index in [0.717, 1.165) is 57.8 Å². The summed E-state index contributed by atoms with van der Waals surface area (Å²) in [6.07, 6.45) is 71.8. The van der Waals surface area contributed by atoms with Crippen molar-refractivity contribution in [2.45, 2.75) is 130 Å². The standard InChI is InChI=1S/C55H76O6/c1-4-7-10-13-16-19-22-25-26-27-28-31-33-36-39-42-45-48-54(57)60-51-52(61-55(58)49-46-43-40-37-34-30-24-21-18-15-12-9-6-3)50-59-53(56)47-44-41-38-35-32-29-23-20-17-14-11-8-5-2/h7-12,14-21,23-26,28-32,34-40,52H,4-6,13,22,27,33,41-51H2,1-3H3/b10-7+,11-8+,12-9+,17-14+,18-15+,19-16+,23-20+,24-21+,26-25+,31-28+,32-29+,34-30+,38-35+,39-36+,40-37+. The van der Waals surface area contributed by atoms with Gasteiger partial charge in [0.25, 0.3) is 0 Å². The van der Waals surface area contributed by atoms with Gasteiger partial charge in [-0.2, -0.15) is 0 Å². The van der Waals surface area contributed by atoms with Gasteiger partial charge in [-0.05, 0) is 83.5 Å². The molecule has 61 heavy (non-hydrogen) atoms. The van der Waals surface area contributed by atoms with Crippen LogP contribution in [0.1, 0.15) is 124 Å². The quantitative estimate of drug-likeness (QED) is 0.0206. The van der Waals surface area contributed by atoms with Crippen LogP contribution in [0.15, 0.2) is 182 Å². The van der Waals surface area contributed by atoms with Crippen LogP contribution in [-0.2, 0) is 28.6 Å². The molecule has 0 amide bonds. The second kappa shape index (κ2) is 47.2. The maximum Gasteiger partial charge on any atom is 0.306 e. The van der Waals surface area contributed by atoms with E-state index in [2.05, 4.69) is 93.7 Å². The highest BCUT2D eigenvalue weighted by atomic mass is 16.6. The number of hydrogen-bond donors (Lipinski definition) is 0. The molecule has 0 aromatic heterocycles. The van der Waals surface area contributed by atoms with Crippen LogP contribution in [0, 0.1) is 0 Å². The third kappa shape index (κ3) is 45.4. The number of esters is 3. The molecule has 0 saturated carbocycles. The summed E-state index contributed by atoms with van der Waals surface area (Å²) < 4.78 is 16.5. The lowest BCUT2D eigenvalue weighted by Gasteiger charge is -2.18. The number of rotatable bonds is 36. The first kappa shape index (κ1) is 55.5. The molecular formula is C55H76O6. The number of hydrogen-bond acceptors (Lipinski definition) is 6. The van der Waals surface area contributed by atoms with Gasteiger partial charge in [0.1, 0.15) is 13.2 Å². The van der Waals surface area contributed by atoms with Crippen molar-refractivity contribution in [1.29, 1.82) is 0 Å². The highest BCUT2D eigenvalue weighted by Gasteiger charge is 2.19. The smallest absolute Gasteiger partial charge is 0.306 e. The van der Waals surface area contributed by atoms with Crippen LogP contribution in [0.25, 0.3) is 0 Å². The third-order valence-corrected chi connectivity index (χ3v) is 8.14. The molecule has 0 aliphatic rings. The van der Waals surface area contributed by atoms with Crippen LogP contribution in [0.4, 0.5) is 0 Å². The first-order valence-electron chi connectivity index (χ1n) is 22.4. The molecule has 0 aliphatic carbocycles. The van der Waals surface area contributed by atoms with Gasteiger partial charge in [-0.25, -0.2) is 0 Å². The lowest BCUT2D eigenvalue weighted by atomic mass is 10.2. The molecule has 0 spiro atoms. The van der Waals surface area contributed by atoms with E-state index in [1.54, 1.807) is 0 Å². The molecule has 0 aromatic rings. The molecule has 0 fully saturated rings. The average Bonchev–Trinajstić information content (AvgIpc) is 3.26. The van der Waals surface area contributed by atoms with E-state index < -0.39 is 18.0 Å². The van der Waals surface area contributed by atoms with E-state index in [-0.39, 0.29) is 38.4 Å². The molecule has 0 heterocycles. The molecule has 6 heteroatoms. The minimum absolute atomic E-state index is 0.170. The normalized spacial score (nSPS) is 13.8. The van der Waals surface area contributed by atoms with Crippen molar-refractivity contribution in [3.8, 4) is 0 Å². The van der Waals surface area contributed by atoms with E-state index in [1.807, 2.05) is 109 Å². The number of unbranched alkanes of at least 4 members (excludes halogenated alkanes) is 3. The van der Waals surface area contributed by atoms with Crippen molar-refractivity contribution < 1.29 is 28.6 Å². The number of carbonyl (C=O) groups excluding carboxylic acids is 3. The van der Waals surface area contributed by atoms with Crippen molar-refractivity contribution in [2.75, 3.05) is 13.2 Å². The average molecular weight is 833 g/mol. The van der Waals surface area contributed by atoms with Crippen LogP contribution in [0.5, 0.6) is 0 Å². The van der Waals surface area contributed by atoms with E-state index in [4.69, 9.17) is 14.2 Å². The Morgan fingerprint density at radius 1 is 0.344 bits per heavy atom. The summed E-state index contributed by atoms with van der Waals surface area (Å²) in [4.78, 5) is 37.7. The second-order valence-electron chi connectivity index (χ2n) is 13.7. The Balaban J connectivity index is 4.75. The predicted octanol–water partition coefficient (Wildman–Crippen LogP) is 14.6. The molecule has 1 atom stereocenters.